The Labute approximate surface area is 141 Å². The second kappa shape index (κ2) is 9.36. The minimum absolute atomic E-state index is 0.245. The summed E-state index contributed by atoms with van der Waals surface area (Å²) >= 11 is 1.57. The summed E-state index contributed by atoms with van der Waals surface area (Å²) in [5.74, 6) is -0.0606. The van der Waals surface area contributed by atoms with Crippen LogP contribution in [0.1, 0.15) is 39.0 Å². The maximum Gasteiger partial charge on any atom is 0.330 e. The summed E-state index contributed by atoms with van der Waals surface area (Å²) in [4.78, 5) is 25.5. The SMILES string of the molecule is CCOC(=O)/C=C/CCC1=C(Sc2ccccc2)C(=O)CCC1. The number of rotatable bonds is 7. The molecule has 0 aliphatic heterocycles. The van der Waals surface area contributed by atoms with Gasteiger partial charge in [0.1, 0.15) is 0 Å². The van der Waals surface area contributed by atoms with Crippen LogP contribution in [0.3, 0.4) is 0 Å². The highest BCUT2D eigenvalue weighted by Crippen LogP contribution is 2.37. The summed E-state index contributed by atoms with van der Waals surface area (Å²) in [5, 5.41) is 0. The molecule has 0 spiro atoms. The summed E-state index contributed by atoms with van der Waals surface area (Å²) in [5.41, 5.74) is 1.21. The van der Waals surface area contributed by atoms with Gasteiger partial charge in [-0.25, -0.2) is 4.79 Å². The molecule has 23 heavy (non-hydrogen) atoms. The van der Waals surface area contributed by atoms with Crippen LogP contribution in [0.4, 0.5) is 0 Å². The van der Waals surface area contributed by atoms with E-state index in [0.29, 0.717) is 13.0 Å². The average Bonchev–Trinajstić information content (AvgIpc) is 2.55. The van der Waals surface area contributed by atoms with Gasteiger partial charge in [0, 0.05) is 17.4 Å². The molecule has 0 saturated carbocycles. The Morgan fingerprint density at radius 1 is 1.26 bits per heavy atom. The standard InChI is InChI=1S/C19H22O3S/c1-2-22-18(21)14-7-6-9-15-10-8-13-17(20)19(15)23-16-11-4-3-5-12-16/h3-5,7,11-12,14H,2,6,8-10,13H2,1H3/b14-7+. The number of benzene rings is 1. The molecule has 0 fully saturated rings. The van der Waals surface area contributed by atoms with Crippen molar-refractivity contribution in [1.29, 1.82) is 0 Å². The van der Waals surface area contributed by atoms with Gasteiger partial charge in [0.05, 0.1) is 11.5 Å². The highest BCUT2D eigenvalue weighted by molar-refractivity contribution is 8.04. The molecular formula is C19H22O3S. The van der Waals surface area contributed by atoms with Gasteiger partial charge in [0.15, 0.2) is 5.78 Å². The molecule has 1 aliphatic rings. The molecule has 1 aromatic rings. The molecule has 1 aromatic carbocycles. The third-order valence-corrected chi connectivity index (χ3v) is 4.80. The van der Waals surface area contributed by atoms with Crippen molar-refractivity contribution >= 4 is 23.5 Å². The van der Waals surface area contributed by atoms with E-state index >= 15 is 0 Å². The van der Waals surface area contributed by atoms with Crippen molar-refractivity contribution < 1.29 is 14.3 Å². The van der Waals surface area contributed by atoms with Gasteiger partial charge < -0.3 is 4.74 Å². The second-order valence-electron chi connectivity index (χ2n) is 5.32. The quantitative estimate of drug-likeness (QED) is 0.537. The number of hydrogen-bond donors (Lipinski definition) is 0. The monoisotopic (exact) mass is 330 g/mol. The number of carbonyl (C=O) groups excluding carboxylic acids is 2. The lowest BCUT2D eigenvalue weighted by molar-refractivity contribution is -0.137. The van der Waals surface area contributed by atoms with E-state index in [4.69, 9.17) is 4.74 Å². The van der Waals surface area contributed by atoms with Crippen LogP contribution in [0.25, 0.3) is 0 Å². The zero-order valence-electron chi connectivity index (χ0n) is 13.4. The van der Waals surface area contributed by atoms with Crippen molar-refractivity contribution in [1.82, 2.24) is 0 Å². The molecular weight excluding hydrogens is 308 g/mol. The molecule has 1 aliphatic carbocycles. The molecule has 0 atom stereocenters. The molecule has 0 aromatic heterocycles. The molecule has 0 N–H and O–H groups in total. The number of esters is 1. The number of thioether (sulfide) groups is 1. The lowest BCUT2D eigenvalue weighted by Crippen LogP contribution is -2.09. The van der Waals surface area contributed by atoms with Crippen molar-refractivity contribution in [2.45, 2.75) is 43.9 Å². The fourth-order valence-corrected chi connectivity index (χ4v) is 3.58. The third-order valence-electron chi connectivity index (χ3n) is 3.57. The number of carbonyl (C=O) groups is 2. The van der Waals surface area contributed by atoms with E-state index in [9.17, 15) is 9.59 Å². The van der Waals surface area contributed by atoms with E-state index in [-0.39, 0.29) is 11.8 Å². The predicted molar refractivity (Wildman–Crippen MR) is 93.2 cm³/mol. The number of Topliss-reactive ketones (excluding diaryl/α,β-unsaturated/α-hetero) is 1. The van der Waals surface area contributed by atoms with E-state index in [1.54, 1.807) is 18.7 Å². The van der Waals surface area contributed by atoms with E-state index in [0.717, 1.165) is 35.5 Å². The molecule has 3 nitrogen and oxygen atoms in total. The van der Waals surface area contributed by atoms with Crippen LogP contribution < -0.4 is 0 Å². The van der Waals surface area contributed by atoms with E-state index in [1.807, 2.05) is 36.4 Å². The largest absolute Gasteiger partial charge is 0.463 e. The Balaban J connectivity index is 2.01. The molecule has 2 rings (SSSR count). The fraction of sp³-hybridized carbons (Fsp3) is 0.368. The molecule has 0 amide bonds. The minimum atomic E-state index is -0.305. The highest BCUT2D eigenvalue weighted by atomic mass is 32.2. The van der Waals surface area contributed by atoms with Crippen molar-refractivity contribution in [2.24, 2.45) is 0 Å². The fourth-order valence-electron chi connectivity index (χ4n) is 2.49. The van der Waals surface area contributed by atoms with E-state index in [2.05, 4.69) is 0 Å². The average molecular weight is 330 g/mol. The van der Waals surface area contributed by atoms with Crippen LogP contribution in [-0.4, -0.2) is 18.4 Å². The van der Waals surface area contributed by atoms with Gasteiger partial charge in [0.2, 0.25) is 0 Å². The Bertz CT molecular complexity index is 602. The number of ether oxygens (including phenoxy) is 1. The minimum Gasteiger partial charge on any atom is -0.463 e. The normalized spacial score (nSPS) is 15.3. The van der Waals surface area contributed by atoms with Crippen LogP contribution in [0, 0.1) is 0 Å². The third kappa shape index (κ3) is 5.71. The first kappa shape index (κ1) is 17.5. The predicted octanol–water partition coefficient (Wildman–Crippen LogP) is 4.69. The summed E-state index contributed by atoms with van der Waals surface area (Å²) in [6.45, 7) is 2.18. The summed E-state index contributed by atoms with van der Waals surface area (Å²) in [6.07, 6.45) is 7.39. The Hall–Kier alpha value is -1.81. The maximum absolute atomic E-state index is 12.3. The first-order valence-electron chi connectivity index (χ1n) is 8.02. The number of allylic oxidation sites excluding steroid dienone is 3. The molecule has 0 saturated heterocycles. The van der Waals surface area contributed by atoms with E-state index < -0.39 is 0 Å². The smallest absolute Gasteiger partial charge is 0.330 e. The summed E-state index contributed by atoms with van der Waals surface area (Å²) in [6, 6.07) is 9.99. The van der Waals surface area contributed by atoms with Gasteiger partial charge in [-0.2, -0.15) is 0 Å². The van der Waals surface area contributed by atoms with Crippen molar-refractivity contribution in [3.05, 3.63) is 53.0 Å². The van der Waals surface area contributed by atoms with Crippen molar-refractivity contribution in [2.75, 3.05) is 6.61 Å². The Morgan fingerprint density at radius 2 is 2.04 bits per heavy atom. The van der Waals surface area contributed by atoms with Gasteiger partial charge in [-0.15, -0.1) is 0 Å². The topological polar surface area (TPSA) is 43.4 Å². The molecule has 4 heteroatoms. The number of hydrogen-bond acceptors (Lipinski definition) is 4. The zero-order chi connectivity index (χ0) is 16.5. The highest BCUT2D eigenvalue weighted by Gasteiger charge is 2.20. The molecule has 0 radical (unpaired) electrons. The maximum atomic E-state index is 12.3. The van der Waals surface area contributed by atoms with Crippen LogP contribution in [-0.2, 0) is 14.3 Å². The Kier molecular flexibility index (Phi) is 7.14. The van der Waals surface area contributed by atoms with Gasteiger partial charge in [-0.05, 0) is 44.7 Å². The Morgan fingerprint density at radius 3 is 2.78 bits per heavy atom. The molecule has 122 valence electrons. The van der Waals surface area contributed by atoms with Crippen LogP contribution in [0.15, 0.2) is 57.9 Å². The van der Waals surface area contributed by atoms with Crippen LogP contribution in [0.2, 0.25) is 0 Å². The summed E-state index contributed by atoms with van der Waals surface area (Å²) in [7, 11) is 0. The van der Waals surface area contributed by atoms with Crippen molar-refractivity contribution in [3.63, 3.8) is 0 Å². The first-order chi connectivity index (χ1) is 11.2. The summed E-state index contributed by atoms with van der Waals surface area (Å²) < 4.78 is 4.86. The lowest BCUT2D eigenvalue weighted by Gasteiger charge is -2.18. The second-order valence-corrected chi connectivity index (χ2v) is 6.40. The van der Waals surface area contributed by atoms with Crippen LogP contribution in [0.5, 0.6) is 0 Å². The van der Waals surface area contributed by atoms with Gasteiger partial charge in [-0.3, -0.25) is 4.79 Å². The van der Waals surface area contributed by atoms with Gasteiger partial charge >= 0.3 is 5.97 Å². The van der Waals surface area contributed by atoms with Crippen LogP contribution >= 0.6 is 11.8 Å². The lowest BCUT2D eigenvalue weighted by atomic mass is 9.95. The van der Waals surface area contributed by atoms with Gasteiger partial charge in [-0.1, -0.05) is 41.6 Å². The molecule has 0 unspecified atom stereocenters. The van der Waals surface area contributed by atoms with Gasteiger partial charge in [0.25, 0.3) is 0 Å². The molecule has 0 heterocycles. The van der Waals surface area contributed by atoms with Crippen molar-refractivity contribution in [3.8, 4) is 0 Å². The first-order valence-corrected chi connectivity index (χ1v) is 8.83. The molecule has 0 bridgehead atoms. The van der Waals surface area contributed by atoms with E-state index in [1.165, 1.54) is 11.6 Å². The zero-order valence-corrected chi connectivity index (χ0v) is 14.2. The number of ketones is 1.